The number of nitro groups is 1. The Labute approximate surface area is 126 Å². The highest BCUT2D eigenvalue weighted by molar-refractivity contribution is 9.10. The maximum Gasteiger partial charge on any atom is 0.275 e. The summed E-state index contributed by atoms with van der Waals surface area (Å²) in [5, 5.41) is 16.8. The van der Waals surface area contributed by atoms with Crippen LogP contribution in [0.25, 0.3) is 0 Å². The summed E-state index contributed by atoms with van der Waals surface area (Å²) in [6.07, 6.45) is 0. The van der Waals surface area contributed by atoms with Crippen molar-refractivity contribution in [3.8, 4) is 0 Å². The number of halogens is 1. The van der Waals surface area contributed by atoms with Crippen molar-refractivity contribution in [2.75, 3.05) is 13.1 Å². The monoisotopic (exact) mass is 343 g/mol. The van der Waals surface area contributed by atoms with Gasteiger partial charge in [-0.25, -0.2) is 0 Å². The Kier molecular flexibility index (Phi) is 6.60. The van der Waals surface area contributed by atoms with E-state index in [4.69, 9.17) is 0 Å². The summed E-state index contributed by atoms with van der Waals surface area (Å²) in [7, 11) is 0. The van der Waals surface area contributed by atoms with Crippen molar-refractivity contribution in [2.24, 2.45) is 5.92 Å². The van der Waals surface area contributed by atoms with Crippen molar-refractivity contribution in [1.82, 2.24) is 10.6 Å². The van der Waals surface area contributed by atoms with Crippen LogP contribution >= 0.6 is 15.9 Å². The molecular weight excluding hydrogens is 326 g/mol. The average Bonchev–Trinajstić information content (AvgIpc) is 2.39. The maximum atomic E-state index is 11.3. The Balaban J connectivity index is 2.43. The van der Waals surface area contributed by atoms with Crippen LogP contribution in [0.15, 0.2) is 22.7 Å². The van der Waals surface area contributed by atoms with Crippen LogP contribution in [0, 0.1) is 16.0 Å². The van der Waals surface area contributed by atoms with Crippen LogP contribution in [0.1, 0.15) is 19.4 Å². The molecule has 110 valence electrons. The molecule has 7 heteroatoms. The first-order valence-electron chi connectivity index (χ1n) is 6.33. The van der Waals surface area contributed by atoms with Crippen LogP contribution in [0.5, 0.6) is 0 Å². The standard InChI is InChI=1S/C13H18BrN3O3/c1-9(2)13(18)16-6-5-15-8-10-3-4-11(14)7-12(10)17(19)20/h3-4,7,9,15H,5-6,8H2,1-2H3,(H,16,18). The number of nitro benzene ring substituents is 1. The quantitative estimate of drug-likeness (QED) is 0.451. The fourth-order valence-corrected chi connectivity index (χ4v) is 1.91. The zero-order valence-corrected chi connectivity index (χ0v) is 13.1. The molecule has 0 atom stereocenters. The Bertz CT molecular complexity index is 492. The van der Waals surface area contributed by atoms with Crippen molar-refractivity contribution in [2.45, 2.75) is 20.4 Å². The predicted molar refractivity (Wildman–Crippen MR) is 80.4 cm³/mol. The lowest BCUT2D eigenvalue weighted by atomic mass is 10.2. The van der Waals surface area contributed by atoms with Gasteiger partial charge >= 0.3 is 0 Å². The number of nitrogens with one attached hydrogen (secondary N) is 2. The fraction of sp³-hybridized carbons (Fsp3) is 0.462. The molecule has 0 aromatic heterocycles. The Morgan fingerprint density at radius 3 is 2.70 bits per heavy atom. The van der Waals surface area contributed by atoms with Gasteiger partial charge in [0.15, 0.2) is 0 Å². The van der Waals surface area contributed by atoms with Gasteiger partial charge in [0, 0.05) is 41.7 Å². The number of benzene rings is 1. The van der Waals surface area contributed by atoms with Gasteiger partial charge in [-0.3, -0.25) is 14.9 Å². The predicted octanol–water partition coefficient (Wildman–Crippen LogP) is 2.22. The third-order valence-corrected chi connectivity index (χ3v) is 3.18. The molecule has 20 heavy (non-hydrogen) atoms. The molecule has 0 heterocycles. The van der Waals surface area contributed by atoms with E-state index in [0.717, 1.165) is 0 Å². The number of carbonyl (C=O) groups is 1. The van der Waals surface area contributed by atoms with Gasteiger partial charge in [0.25, 0.3) is 5.69 Å². The van der Waals surface area contributed by atoms with Crippen molar-refractivity contribution < 1.29 is 9.72 Å². The van der Waals surface area contributed by atoms with E-state index in [1.165, 1.54) is 6.07 Å². The second kappa shape index (κ2) is 7.96. The van der Waals surface area contributed by atoms with E-state index in [9.17, 15) is 14.9 Å². The molecule has 1 aromatic carbocycles. The van der Waals surface area contributed by atoms with Crippen LogP contribution < -0.4 is 10.6 Å². The number of rotatable bonds is 7. The molecule has 0 unspecified atom stereocenters. The maximum absolute atomic E-state index is 11.3. The van der Waals surface area contributed by atoms with E-state index in [1.807, 2.05) is 13.8 Å². The van der Waals surface area contributed by atoms with E-state index >= 15 is 0 Å². The fourth-order valence-electron chi connectivity index (χ4n) is 1.56. The number of amides is 1. The summed E-state index contributed by atoms with van der Waals surface area (Å²) in [6, 6.07) is 4.96. The summed E-state index contributed by atoms with van der Waals surface area (Å²) in [4.78, 5) is 21.9. The van der Waals surface area contributed by atoms with Crippen molar-refractivity contribution in [1.29, 1.82) is 0 Å². The molecule has 0 saturated carbocycles. The topological polar surface area (TPSA) is 84.3 Å². The first kappa shape index (κ1) is 16.6. The molecule has 0 aliphatic carbocycles. The number of hydrogen-bond donors (Lipinski definition) is 2. The Hall–Kier alpha value is -1.47. The van der Waals surface area contributed by atoms with Gasteiger partial charge in [-0.15, -0.1) is 0 Å². The van der Waals surface area contributed by atoms with Gasteiger partial charge in [0.1, 0.15) is 0 Å². The molecule has 2 N–H and O–H groups in total. The van der Waals surface area contributed by atoms with E-state index < -0.39 is 4.92 Å². The van der Waals surface area contributed by atoms with Crippen LogP contribution in [0.4, 0.5) is 5.69 Å². The first-order valence-corrected chi connectivity index (χ1v) is 7.12. The SMILES string of the molecule is CC(C)C(=O)NCCNCc1ccc(Br)cc1[N+](=O)[O-]. The highest BCUT2D eigenvalue weighted by Gasteiger charge is 2.13. The lowest BCUT2D eigenvalue weighted by Gasteiger charge is -2.09. The summed E-state index contributed by atoms with van der Waals surface area (Å²) < 4.78 is 0.678. The summed E-state index contributed by atoms with van der Waals surface area (Å²) in [5.74, 6) is -0.0380. The molecule has 0 fully saturated rings. The van der Waals surface area contributed by atoms with Gasteiger partial charge in [0.05, 0.1) is 4.92 Å². The third kappa shape index (κ3) is 5.26. The number of nitrogens with zero attached hydrogens (tertiary/aromatic N) is 1. The number of carbonyl (C=O) groups excluding carboxylic acids is 1. The van der Waals surface area contributed by atoms with E-state index in [-0.39, 0.29) is 17.5 Å². The molecule has 6 nitrogen and oxygen atoms in total. The van der Waals surface area contributed by atoms with E-state index in [2.05, 4.69) is 26.6 Å². The lowest BCUT2D eigenvalue weighted by Crippen LogP contribution is -2.34. The van der Waals surface area contributed by atoms with Crippen molar-refractivity contribution in [3.05, 3.63) is 38.3 Å². The minimum absolute atomic E-state index is 0.00132. The minimum Gasteiger partial charge on any atom is -0.355 e. The lowest BCUT2D eigenvalue weighted by molar-refractivity contribution is -0.385. The van der Waals surface area contributed by atoms with E-state index in [1.54, 1.807) is 12.1 Å². The Morgan fingerprint density at radius 2 is 2.10 bits per heavy atom. The Morgan fingerprint density at radius 1 is 1.40 bits per heavy atom. The number of hydrogen-bond acceptors (Lipinski definition) is 4. The van der Waals surface area contributed by atoms with Gasteiger partial charge in [0.2, 0.25) is 5.91 Å². The molecular formula is C13H18BrN3O3. The highest BCUT2D eigenvalue weighted by Crippen LogP contribution is 2.23. The zero-order valence-electron chi connectivity index (χ0n) is 11.5. The molecule has 0 aliphatic heterocycles. The smallest absolute Gasteiger partial charge is 0.275 e. The van der Waals surface area contributed by atoms with Gasteiger partial charge < -0.3 is 10.6 Å². The second-order valence-electron chi connectivity index (χ2n) is 4.65. The van der Waals surface area contributed by atoms with Crippen LogP contribution in [-0.2, 0) is 11.3 Å². The van der Waals surface area contributed by atoms with Crippen LogP contribution in [0.2, 0.25) is 0 Å². The molecule has 0 bridgehead atoms. The zero-order chi connectivity index (χ0) is 15.1. The highest BCUT2D eigenvalue weighted by atomic mass is 79.9. The molecule has 0 aliphatic rings. The molecule has 0 radical (unpaired) electrons. The van der Waals surface area contributed by atoms with Crippen LogP contribution in [0.3, 0.4) is 0 Å². The molecule has 0 spiro atoms. The first-order chi connectivity index (χ1) is 9.41. The molecule has 1 rings (SSSR count). The largest absolute Gasteiger partial charge is 0.355 e. The van der Waals surface area contributed by atoms with Gasteiger partial charge in [-0.05, 0) is 12.1 Å². The summed E-state index contributed by atoms with van der Waals surface area (Å²) in [6.45, 7) is 5.11. The summed E-state index contributed by atoms with van der Waals surface area (Å²) >= 11 is 3.21. The average molecular weight is 344 g/mol. The van der Waals surface area contributed by atoms with Gasteiger partial charge in [-0.2, -0.15) is 0 Å². The van der Waals surface area contributed by atoms with E-state index in [0.29, 0.717) is 29.7 Å². The second-order valence-corrected chi connectivity index (χ2v) is 5.57. The molecule has 0 saturated heterocycles. The molecule has 1 amide bonds. The van der Waals surface area contributed by atoms with Crippen molar-refractivity contribution >= 4 is 27.5 Å². The van der Waals surface area contributed by atoms with Gasteiger partial charge in [-0.1, -0.05) is 29.8 Å². The normalized spacial score (nSPS) is 10.6. The van der Waals surface area contributed by atoms with Crippen molar-refractivity contribution in [3.63, 3.8) is 0 Å². The summed E-state index contributed by atoms with van der Waals surface area (Å²) in [5.41, 5.74) is 0.700. The minimum atomic E-state index is -0.400. The van der Waals surface area contributed by atoms with Crippen LogP contribution in [-0.4, -0.2) is 23.9 Å². The third-order valence-electron chi connectivity index (χ3n) is 2.68. The molecule has 1 aromatic rings.